The molecule has 0 atom stereocenters. The Morgan fingerprint density at radius 2 is 1.88 bits per heavy atom. The molecule has 0 amide bonds. The van der Waals surface area contributed by atoms with E-state index in [9.17, 15) is 0 Å². The maximum absolute atomic E-state index is 6.04. The molecule has 0 bridgehead atoms. The van der Waals surface area contributed by atoms with Crippen molar-refractivity contribution in [3.63, 3.8) is 0 Å². The van der Waals surface area contributed by atoms with Crippen LogP contribution in [0.2, 0.25) is 0 Å². The molecular weight excluding hydrogens is 332 g/mol. The van der Waals surface area contributed by atoms with Crippen LogP contribution in [0.15, 0.2) is 30.3 Å². The van der Waals surface area contributed by atoms with Crippen LogP contribution in [0.5, 0.6) is 0 Å². The number of aromatic nitrogens is 3. The molecule has 4 N–H and O–H groups in total. The van der Waals surface area contributed by atoms with Gasteiger partial charge in [-0.15, -0.1) is 0 Å². The molecule has 0 radical (unpaired) electrons. The number of nitrogen functional groups attached to an aromatic ring is 1. The van der Waals surface area contributed by atoms with Crippen LogP contribution in [0.1, 0.15) is 17.1 Å². The quantitative estimate of drug-likeness (QED) is 0.625. The maximum atomic E-state index is 6.04. The summed E-state index contributed by atoms with van der Waals surface area (Å²) in [5, 5.41) is 7.00. The first kappa shape index (κ1) is 17.2. The summed E-state index contributed by atoms with van der Waals surface area (Å²) >= 11 is 5.35. The zero-order valence-corrected chi connectivity index (χ0v) is 15.4. The number of aryl methyl sites for hydroxylation is 3. The molecule has 0 aliphatic carbocycles. The molecule has 2 heterocycles. The molecule has 0 aliphatic heterocycles. The molecule has 2 aromatic heterocycles. The van der Waals surface area contributed by atoms with E-state index in [1.165, 1.54) is 0 Å². The summed E-state index contributed by atoms with van der Waals surface area (Å²) in [5.74, 6) is 1.40. The number of para-hydroxylation sites is 1. The molecule has 25 heavy (non-hydrogen) atoms. The number of nitrogens with two attached hydrogens (primary N) is 1. The number of thiocarbonyl (C=S) groups is 1. The van der Waals surface area contributed by atoms with E-state index in [4.69, 9.17) is 18.0 Å². The fourth-order valence-electron chi connectivity index (χ4n) is 2.86. The first-order chi connectivity index (χ1) is 12.0. The van der Waals surface area contributed by atoms with Gasteiger partial charge in [0.05, 0.1) is 5.52 Å². The SMILES string of the molecule is Cc1nc(N)c2nc(C)n(CCNC(=S)Nc3ccccc3)c2c1C. The van der Waals surface area contributed by atoms with Crippen molar-refractivity contribution in [2.75, 3.05) is 17.6 Å². The Morgan fingerprint density at radius 1 is 1.16 bits per heavy atom. The van der Waals surface area contributed by atoms with Gasteiger partial charge in [-0.2, -0.15) is 0 Å². The smallest absolute Gasteiger partial charge is 0.170 e. The second-order valence-corrected chi connectivity index (χ2v) is 6.37. The Balaban J connectivity index is 1.71. The lowest BCUT2D eigenvalue weighted by atomic mass is 10.2. The second-order valence-electron chi connectivity index (χ2n) is 5.96. The fourth-order valence-corrected chi connectivity index (χ4v) is 3.08. The Labute approximate surface area is 152 Å². The monoisotopic (exact) mass is 354 g/mol. The average Bonchev–Trinajstić information content (AvgIpc) is 2.91. The van der Waals surface area contributed by atoms with E-state index >= 15 is 0 Å². The summed E-state index contributed by atoms with van der Waals surface area (Å²) in [6.45, 7) is 7.43. The van der Waals surface area contributed by atoms with Crippen molar-refractivity contribution in [1.82, 2.24) is 19.9 Å². The van der Waals surface area contributed by atoms with Gasteiger partial charge in [0.25, 0.3) is 0 Å². The van der Waals surface area contributed by atoms with Crippen molar-refractivity contribution >= 4 is 39.9 Å². The van der Waals surface area contributed by atoms with Gasteiger partial charge in [0.1, 0.15) is 11.3 Å². The third-order valence-corrected chi connectivity index (χ3v) is 4.49. The molecule has 3 rings (SSSR count). The maximum Gasteiger partial charge on any atom is 0.170 e. The normalized spacial score (nSPS) is 10.8. The van der Waals surface area contributed by atoms with Crippen molar-refractivity contribution < 1.29 is 0 Å². The highest BCUT2D eigenvalue weighted by molar-refractivity contribution is 7.80. The van der Waals surface area contributed by atoms with E-state index in [1.54, 1.807) is 0 Å². The van der Waals surface area contributed by atoms with Crippen LogP contribution < -0.4 is 16.4 Å². The van der Waals surface area contributed by atoms with Gasteiger partial charge in [0.2, 0.25) is 0 Å². The number of fused-ring (bicyclic) bond motifs is 1. The fraction of sp³-hybridized carbons (Fsp3) is 0.278. The summed E-state index contributed by atoms with van der Waals surface area (Å²) in [6.07, 6.45) is 0. The van der Waals surface area contributed by atoms with Gasteiger partial charge in [0, 0.05) is 24.5 Å². The van der Waals surface area contributed by atoms with Gasteiger partial charge in [0.15, 0.2) is 10.9 Å². The number of anilines is 2. The first-order valence-electron chi connectivity index (χ1n) is 8.16. The van der Waals surface area contributed by atoms with Gasteiger partial charge >= 0.3 is 0 Å². The molecule has 0 spiro atoms. The van der Waals surface area contributed by atoms with Crippen molar-refractivity contribution in [2.45, 2.75) is 27.3 Å². The number of hydrogen-bond donors (Lipinski definition) is 3. The molecule has 6 nitrogen and oxygen atoms in total. The summed E-state index contributed by atoms with van der Waals surface area (Å²) in [6, 6.07) is 9.86. The minimum Gasteiger partial charge on any atom is -0.382 e. The van der Waals surface area contributed by atoms with E-state index in [0.717, 1.165) is 40.3 Å². The first-order valence-corrected chi connectivity index (χ1v) is 8.57. The van der Waals surface area contributed by atoms with Crippen LogP contribution in [0.3, 0.4) is 0 Å². The Bertz CT molecular complexity index is 916. The summed E-state index contributed by atoms with van der Waals surface area (Å²) in [5.41, 5.74) is 10.9. The Kier molecular flexibility index (Phi) is 4.85. The molecule has 0 unspecified atom stereocenters. The zero-order chi connectivity index (χ0) is 18.0. The lowest BCUT2D eigenvalue weighted by Crippen LogP contribution is -2.31. The van der Waals surface area contributed by atoms with Crippen molar-refractivity contribution in [3.05, 3.63) is 47.4 Å². The lowest BCUT2D eigenvalue weighted by Gasteiger charge is -2.13. The van der Waals surface area contributed by atoms with Crippen LogP contribution in [0.4, 0.5) is 11.5 Å². The predicted molar refractivity (Wildman–Crippen MR) is 107 cm³/mol. The second kappa shape index (κ2) is 7.06. The summed E-state index contributed by atoms with van der Waals surface area (Å²) in [7, 11) is 0. The minimum atomic E-state index is 0.481. The van der Waals surface area contributed by atoms with Gasteiger partial charge in [-0.1, -0.05) is 18.2 Å². The van der Waals surface area contributed by atoms with Crippen molar-refractivity contribution in [3.8, 4) is 0 Å². The number of pyridine rings is 1. The van der Waals surface area contributed by atoms with E-state index in [2.05, 4.69) is 32.1 Å². The van der Waals surface area contributed by atoms with Crippen LogP contribution in [-0.4, -0.2) is 26.2 Å². The standard InChI is InChI=1S/C18H22N6S/c1-11-12(2)21-17(19)15-16(11)24(13(3)22-15)10-9-20-18(25)23-14-7-5-4-6-8-14/h4-8H,9-10H2,1-3H3,(H2,19,21)(H2,20,23,25). The van der Waals surface area contributed by atoms with Crippen LogP contribution in [-0.2, 0) is 6.54 Å². The van der Waals surface area contributed by atoms with Gasteiger partial charge < -0.3 is 20.9 Å². The highest BCUT2D eigenvalue weighted by Gasteiger charge is 2.15. The van der Waals surface area contributed by atoms with Gasteiger partial charge in [-0.3, -0.25) is 0 Å². The third kappa shape index (κ3) is 3.56. The number of hydrogen-bond acceptors (Lipinski definition) is 4. The molecule has 0 saturated carbocycles. The topological polar surface area (TPSA) is 80.8 Å². The van der Waals surface area contributed by atoms with Crippen molar-refractivity contribution in [1.29, 1.82) is 0 Å². The number of imidazole rings is 1. The summed E-state index contributed by atoms with van der Waals surface area (Å²) in [4.78, 5) is 8.95. The molecule has 3 aromatic rings. The molecule has 1 aromatic carbocycles. The number of rotatable bonds is 4. The largest absolute Gasteiger partial charge is 0.382 e. The molecule has 130 valence electrons. The van der Waals surface area contributed by atoms with Crippen LogP contribution >= 0.6 is 12.2 Å². The highest BCUT2D eigenvalue weighted by atomic mass is 32.1. The number of nitrogens with zero attached hydrogens (tertiary/aromatic N) is 3. The highest BCUT2D eigenvalue weighted by Crippen LogP contribution is 2.25. The lowest BCUT2D eigenvalue weighted by molar-refractivity contribution is 0.672. The Hall–Kier alpha value is -2.67. The molecule has 0 aliphatic rings. The van der Waals surface area contributed by atoms with Gasteiger partial charge in [-0.05, 0) is 50.7 Å². The zero-order valence-electron chi connectivity index (χ0n) is 14.6. The van der Waals surface area contributed by atoms with E-state index in [-0.39, 0.29) is 0 Å². The van der Waals surface area contributed by atoms with Crippen LogP contribution in [0.25, 0.3) is 11.0 Å². The summed E-state index contributed by atoms with van der Waals surface area (Å²) < 4.78 is 2.16. The molecular formula is C18H22N6S. The average molecular weight is 354 g/mol. The number of nitrogens with one attached hydrogen (secondary N) is 2. The van der Waals surface area contributed by atoms with Gasteiger partial charge in [-0.25, -0.2) is 9.97 Å². The van der Waals surface area contributed by atoms with E-state index in [0.29, 0.717) is 17.5 Å². The van der Waals surface area contributed by atoms with E-state index < -0.39 is 0 Å². The predicted octanol–water partition coefficient (Wildman–Crippen LogP) is 2.93. The molecule has 7 heteroatoms. The third-order valence-electron chi connectivity index (χ3n) is 4.24. The number of benzene rings is 1. The molecule has 0 saturated heterocycles. The minimum absolute atomic E-state index is 0.481. The van der Waals surface area contributed by atoms with E-state index in [1.807, 2.05) is 44.2 Å². The van der Waals surface area contributed by atoms with Crippen LogP contribution in [0, 0.1) is 20.8 Å². The van der Waals surface area contributed by atoms with Crippen molar-refractivity contribution in [2.24, 2.45) is 0 Å². The molecule has 0 fully saturated rings. The Morgan fingerprint density at radius 3 is 2.60 bits per heavy atom.